The molecule has 2 N–H and O–H groups in total. The first kappa shape index (κ1) is 18.0. The number of aromatic amines is 1. The molecule has 0 saturated heterocycles. The molecule has 0 aliphatic carbocycles. The van der Waals surface area contributed by atoms with E-state index in [1.54, 1.807) is 48.5 Å². The second kappa shape index (κ2) is 7.31. The Kier molecular flexibility index (Phi) is 4.70. The monoisotopic (exact) mass is 405 g/mol. The molecule has 2 aromatic carbocycles. The van der Waals surface area contributed by atoms with E-state index >= 15 is 0 Å². The van der Waals surface area contributed by atoms with Gasteiger partial charge in [-0.3, -0.25) is 0 Å². The zero-order valence-electron chi connectivity index (χ0n) is 14.3. The Hall–Kier alpha value is -3.40. The maximum atomic E-state index is 11.0. The van der Waals surface area contributed by atoms with Gasteiger partial charge in [0, 0.05) is 14.8 Å². The number of nitrogens with zero attached hydrogens (tertiary/aromatic N) is 2. The van der Waals surface area contributed by atoms with Gasteiger partial charge in [0.05, 0.1) is 22.2 Å². The number of hydrogen-bond donors (Lipinski definition) is 2. The number of rotatable bonds is 4. The van der Waals surface area contributed by atoms with Gasteiger partial charge < -0.3 is 10.1 Å². The van der Waals surface area contributed by atoms with Crippen molar-refractivity contribution in [3.63, 3.8) is 0 Å². The van der Waals surface area contributed by atoms with Crippen LogP contribution in [0.2, 0.25) is 5.02 Å². The van der Waals surface area contributed by atoms with E-state index in [4.69, 9.17) is 16.7 Å². The fourth-order valence-corrected chi connectivity index (χ4v) is 3.90. The van der Waals surface area contributed by atoms with Crippen LogP contribution in [0.25, 0.3) is 33.1 Å². The summed E-state index contributed by atoms with van der Waals surface area (Å²) in [6, 6.07) is 18.1. The number of hydrogen-bond acceptors (Lipinski definition) is 4. The van der Waals surface area contributed by atoms with E-state index < -0.39 is 5.97 Å². The van der Waals surface area contributed by atoms with E-state index in [0.717, 1.165) is 26.4 Å². The Balaban J connectivity index is 1.65. The zero-order valence-corrected chi connectivity index (χ0v) is 15.9. The second-order valence-electron chi connectivity index (χ2n) is 6.00. The van der Waals surface area contributed by atoms with Crippen molar-refractivity contribution in [1.82, 2.24) is 9.97 Å². The number of carboxylic acids is 1. The van der Waals surface area contributed by atoms with Crippen LogP contribution in [0.15, 0.2) is 54.6 Å². The van der Waals surface area contributed by atoms with Crippen molar-refractivity contribution >= 4 is 51.6 Å². The summed E-state index contributed by atoms with van der Waals surface area (Å²) in [5.74, 6) is -0.465. The van der Waals surface area contributed by atoms with Gasteiger partial charge in [0.25, 0.3) is 0 Å². The third-order valence-electron chi connectivity index (χ3n) is 4.15. The molecular weight excluding hydrogens is 394 g/mol. The number of imidazole rings is 1. The van der Waals surface area contributed by atoms with Gasteiger partial charge in [-0.25, -0.2) is 9.78 Å². The fraction of sp³-hybridized carbons (Fsp3) is 0. The quantitative estimate of drug-likeness (QED) is 0.425. The SMILES string of the molecule is N#CC(=Cc1ccc(-c2ccc(C(=O)O)cc2)s1)c1nc2ccc(Cl)cc2[nH]1. The average molecular weight is 406 g/mol. The molecular formula is C21H12ClN3O2S. The van der Waals surface area contributed by atoms with E-state index in [2.05, 4.69) is 16.0 Å². The van der Waals surface area contributed by atoms with Crippen LogP contribution >= 0.6 is 22.9 Å². The molecule has 0 saturated carbocycles. The van der Waals surface area contributed by atoms with Crippen molar-refractivity contribution < 1.29 is 9.90 Å². The highest BCUT2D eigenvalue weighted by Gasteiger charge is 2.10. The van der Waals surface area contributed by atoms with Crippen LogP contribution in [0.5, 0.6) is 0 Å². The lowest BCUT2D eigenvalue weighted by atomic mass is 10.1. The maximum absolute atomic E-state index is 11.0. The number of nitriles is 1. The highest BCUT2D eigenvalue weighted by Crippen LogP contribution is 2.31. The Morgan fingerprint density at radius 3 is 2.68 bits per heavy atom. The van der Waals surface area contributed by atoms with Crippen molar-refractivity contribution in [2.75, 3.05) is 0 Å². The first-order valence-electron chi connectivity index (χ1n) is 8.24. The number of nitrogens with one attached hydrogen (secondary N) is 1. The number of fused-ring (bicyclic) bond motifs is 1. The van der Waals surface area contributed by atoms with Gasteiger partial charge in [-0.15, -0.1) is 11.3 Å². The van der Waals surface area contributed by atoms with Crippen molar-refractivity contribution in [2.24, 2.45) is 0 Å². The second-order valence-corrected chi connectivity index (χ2v) is 7.55. The van der Waals surface area contributed by atoms with E-state index in [1.165, 1.54) is 11.3 Å². The summed E-state index contributed by atoms with van der Waals surface area (Å²) in [6.45, 7) is 0. The minimum atomic E-state index is -0.952. The van der Waals surface area contributed by atoms with Gasteiger partial charge in [0.2, 0.25) is 0 Å². The van der Waals surface area contributed by atoms with E-state index in [-0.39, 0.29) is 5.56 Å². The largest absolute Gasteiger partial charge is 0.478 e. The number of carboxylic acid groups (broad SMARTS) is 1. The standard InChI is InChI=1S/C21H12ClN3O2S/c22-15-5-7-17-18(10-15)25-20(24-17)14(11-23)9-16-6-8-19(28-16)12-1-3-13(4-2-12)21(26)27/h1-10H,(H,24,25)(H,26,27). The number of thiophene rings is 1. The van der Waals surface area contributed by atoms with E-state index in [1.807, 2.05) is 12.1 Å². The molecule has 7 heteroatoms. The van der Waals surface area contributed by atoms with Gasteiger partial charge >= 0.3 is 5.97 Å². The third-order valence-corrected chi connectivity index (χ3v) is 5.47. The number of H-pyrrole nitrogens is 1. The Bertz CT molecular complexity index is 1260. The Morgan fingerprint density at radius 1 is 1.18 bits per heavy atom. The first-order valence-corrected chi connectivity index (χ1v) is 9.44. The van der Waals surface area contributed by atoms with Crippen LogP contribution in [-0.4, -0.2) is 21.0 Å². The van der Waals surface area contributed by atoms with E-state index in [0.29, 0.717) is 16.4 Å². The smallest absolute Gasteiger partial charge is 0.335 e. The van der Waals surface area contributed by atoms with Crippen molar-refractivity contribution in [3.8, 4) is 16.5 Å². The van der Waals surface area contributed by atoms with Crippen LogP contribution in [0.1, 0.15) is 21.1 Å². The number of allylic oxidation sites excluding steroid dienone is 1. The molecule has 0 fully saturated rings. The highest BCUT2D eigenvalue weighted by atomic mass is 35.5. The topological polar surface area (TPSA) is 89.8 Å². The van der Waals surface area contributed by atoms with Crippen molar-refractivity contribution in [1.29, 1.82) is 5.26 Å². The van der Waals surface area contributed by atoms with Crippen molar-refractivity contribution in [3.05, 3.63) is 75.9 Å². The molecule has 4 aromatic rings. The molecule has 2 aromatic heterocycles. The molecule has 4 rings (SSSR count). The van der Waals surface area contributed by atoms with Gasteiger partial charge in [-0.2, -0.15) is 5.26 Å². The highest BCUT2D eigenvalue weighted by molar-refractivity contribution is 7.16. The lowest BCUT2D eigenvalue weighted by Crippen LogP contribution is -1.94. The summed E-state index contributed by atoms with van der Waals surface area (Å²) in [5.41, 5.74) is 3.10. The minimum absolute atomic E-state index is 0.247. The van der Waals surface area contributed by atoms with Crippen LogP contribution in [0.3, 0.4) is 0 Å². The average Bonchev–Trinajstić information content (AvgIpc) is 3.32. The summed E-state index contributed by atoms with van der Waals surface area (Å²) < 4.78 is 0. The van der Waals surface area contributed by atoms with E-state index in [9.17, 15) is 10.1 Å². The maximum Gasteiger partial charge on any atom is 0.335 e. The molecule has 136 valence electrons. The van der Waals surface area contributed by atoms with Crippen molar-refractivity contribution in [2.45, 2.75) is 0 Å². The molecule has 0 amide bonds. The number of halogens is 1. The Labute approximate surface area is 169 Å². The molecule has 0 bridgehead atoms. The molecule has 28 heavy (non-hydrogen) atoms. The van der Waals surface area contributed by atoms with Gasteiger partial charge in [0.1, 0.15) is 11.9 Å². The normalized spacial score (nSPS) is 11.5. The number of aromatic carboxylic acids is 1. The van der Waals surface area contributed by atoms with Crippen LogP contribution < -0.4 is 0 Å². The molecule has 0 aliphatic rings. The molecule has 0 aliphatic heterocycles. The number of carbonyl (C=O) groups is 1. The molecule has 0 radical (unpaired) electrons. The molecule has 0 atom stereocenters. The molecule has 5 nitrogen and oxygen atoms in total. The Morgan fingerprint density at radius 2 is 1.96 bits per heavy atom. The lowest BCUT2D eigenvalue weighted by Gasteiger charge is -1.98. The summed E-state index contributed by atoms with van der Waals surface area (Å²) in [4.78, 5) is 20.4. The minimum Gasteiger partial charge on any atom is -0.478 e. The number of aromatic nitrogens is 2. The lowest BCUT2D eigenvalue weighted by molar-refractivity contribution is 0.0697. The van der Waals surface area contributed by atoms with Gasteiger partial charge in [0.15, 0.2) is 0 Å². The molecule has 0 spiro atoms. The molecule has 2 heterocycles. The summed E-state index contributed by atoms with van der Waals surface area (Å²) in [7, 11) is 0. The molecule has 0 unspecified atom stereocenters. The predicted molar refractivity (Wildman–Crippen MR) is 111 cm³/mol. The predicted octanol–water partition coefficient (Wildman–Crippen LogP) is 5.71. The van der Waals surface area contributed by atoms with Crippen LogP contribution in [-0.2, 0) is 0 Å². The summed E-state index contributed by atoms with van der Waals surface area (Å²) >= 11 is 7.51. The fourth-order valence-electron chi connectivity index (χ4n) is 2.77. The van der Waals surface area contributed by atoms with Crippen LogP contribution in [0.4, 0.5) is 0 Å². The van der Waals surface area contributed by atoms with Gasteiger partial charge in [-0.1, -0.05) is 23.7 Å². The van der Waals surface area contributed by atoms with Crippen LogP contribution in [0, 0.1) is 11.3 Å². The summed E-state index contributed by atoms with van der Waals surface area (Å²) in [6.07, 6.45) is 1.78. The summed E-state index contributed by atoms with van der Waals surface area (Å²) in [5, 5.41) is 19.2. The van der Waals surface area contributed by atoms with Gasteiger partial charge in [-0.05, 0) is 54.1 Å². The number of benzene rings is 2. The first-order chi connectivity index (χ1) is 13.5. The zero-order chi connectivity index (χ0) is 19.7. The third kappa shape index (κ3) is 3.54.